The molecule has 0 saturated heterocycles. The van der Waals surface area contributed by atoms with E-state index in [1.165, 1.54) is 0 Å². The van der Waals surface area contributed by atoms with Crippen molar-refractivity contribution in [1.82, 2.24) is 10.6 Å². The summed E-state index contributed by atoms with van der Waals surface area (Å²) in [5.41, 5.74) is 0.527. The molecule has 0 aromatic heterocycles. The molecule has 0 fully saturated rings. The zero-order chi connectivity index (χ0) is 11.3. The van der Waals surface area contributed by atoms with Crippen LogP contribution in [-0.4, -0.2) is 26.0 Å². The van der Waals surface area contributed by atoms with E-state index in [9.17, 15) is 4.79 Å². The van der Waals surface area contributed by atoms with Crippen LogP contribution in [0.2, 0.25) is 5.02 Å². The summed E-state index contributed by atoms with van der Waals surface area (Å²) in [6.45, 7) is 1.34. The van der Waals surface area contributed by atoms with E-state index in [-0.39, 0.29) is 18.3 Å². The normalized spacial score (nSPS) is 9.44. The Morgan fingerprint density at radius 3 is 2.75 bits per heavy atom. The molecule has 0 unspecified atom stereocenters. The van der Waals surface area contributed by atoms with Crippen LogP contribution >= 0.6 is 46.6 Å². The number of halogens is 3. The van der Waals surface area contributed by atoms with Crippen LogP contribution < -0.4 is 10.6 Å². The molecule has 2 N–H and O–H groups in total. The summed E-state index contributed by atoms with van der Waals surface area (Å²) in [5.74, 6) is -0.131. The van der Waals surface area contributed by atoms with Crippen molar-refractivity contribution in [2.24, 2.45) is 0 Å². The summed E-state index contributed by atoms with van der Waals surface area (Å²) < 4.78 is 0.996. The average Bonchev–Trinajstić information content (AvgIpc) is 2.22. The van der Waals surface area contributed by atoms with Crippen molar-refractivity contribution in [2.45, 2.75) is 0 Å². The number of carbonyl (C=O) groups excluding carboxylic acids is 1. The first-order valence-corrected chi connectivity index (χ1v) is 5.98. The van der Waals surface area contributed by atoms with Gasteiger partial charge < -0.3 is 10.6 Å². The third kappa shape index (κ3) is 4.86. The number of likely N-dealkylation sites (N-methyl/N-ethyl adjacent to an activating group) is 1. The predicted molar refractivity (Wildman–Crippen MR) is 77.7 cm³/mol. The summed E-state index contributed by atoms with van der Waals surface area (Å²) in [6, 6.07) is 5.38. The molecular formula is C10H13Cl2IN2O. The number of rotatable bonds is 4. The van der Waals surface area contributed by atoms with Gasteiger partial charge in [0.15, 0.2) is 0 Å². The van der Waals surface area contributed by atoms with E-state index in [2.05, 4.69) is 33.2 Å². The fraction of sp³-hybridized carbons (Fsp3) is 0.300. The maximum absolute atomic E-state index is 11.7. The van der Waals surface area contributed by atoms with Gasteiger partial charge in [-0.15, -0.1) is 12.4 Å². The monoisotopic (exact) mass is 374 g/mol. The Bertz CT molecular complexity index is 361. The number of nitrogens with one attached hydrogen (secondary N) is 2. The molecule has 0 saturated carbocycles. The zero-order valence-corrected chi connectivity index (χ0v) is 12.4. The van der Waals surface area contributed by atoms with Crippen LogP contribution in [0.25, 0.3) is 0 Å². The maximum Gasteiger partial charge on any atom is 0.252 e. The van der Waals surface area contributed by atoms with Crippen LogP contribution in [0.5, 0.6) is 0 Å². The highest BCUT2D eigenvalue weighted by Crippen LogP contribution is 2.18. The van der Waals surface area contributed by atoms with E-state index < -0.39 is 0 Å². The molecule has 1 aromatic carbocycles. The van der Waals surface area contributed by atoms with Crippen LogP contribution in [-0.2, 0) is 0 Å². The first-order valence-electron chi connectivity index (χ1n) is 4.53. The molecule has 0 aliphatic rings. The molecule has 3 nitrogen and oxygen atoms in total. The summed E-state index contributed by atoms with van der Waals surface area (Å²) in [4.78, 5) is 11.7. The molecule has 90 valence electrons. The van der Waals surface area contributed by atoms with Crippen LogP contribution in [0.15, 0.2) is 18.2 Å². The van der Waals surface area contributed by atoms with Gasteiger partial charge in [-0.2, -0.15) is 0 Å². The second kappa shape index (κ2) is 8.11. The topological polar surface area (TPSA) is 41.1 Å². The van der Waals surface area contributed by atoms with Crippen LogP contribution in [0.1, 0.15) is 10.4 Å². The first kappa shape index (κ1) is 16.0. The smallest absolute Gasteiger partial charge is 0.252 e. The van der Waals surface area contributed by atoms with E-state index in [0.29, 0.717) is 17.1 Å². The van der Waals surface area contributed by atoms with Crippen molar-refractivity contribution in [3.8, 4) is 0 Å². The second-order valence-electron chi connectivity index (χ2n) is 2.98. The zero-order valence-electron chi connectivity index (χ0n) is 8.72. The molecule has 1 amide bonds. The molecule has 0 bridgehead atoms. The van der Waals surface area contributed by atoms with Gasteiger partial charge in [0.1, 0.15) is 0 Å². The van der Waals surface area contributed by atoms with Crippen molar-refractivity contribution in [2.75, 3.05) is 20.1 Å². The van der Waals surface area contributed by atoms with E-state index >= 15 is 0 Å². The highest BCUT2D eigenvalue weighted by Gasteiger charge is 2.09. The Morgan fingerprint density at radius 2 is 2.12 bits per heavy atom. The van der Waals surface area contributed by atoms with Crippen molar-refractivity contribution < 1.29 is 4.79 Å². The van der Waals surface area contributed by atoms with Gasteiger partial charge in [-0.3, -0.25) is 4.79 Å². The molecular weight excluding hydrogens is 362 g/mol. The Kier molecular flexibility index (Phi) is 8.09. The molecule has 1 aromatic rings. The standard InChI is InChI=1S/C10H12ClIN2O.ClH/c1-13-4-5-14-10(15)8-6-7(12)2-3-9(8)11;/h2-3,6,13H,4-5H2,1H3,(H,14,15);1H. The largest absolute Gasteiger partial charge is 0.351 e. The van der Waals surface area contributed by atoms with E-state index in [1.807, 2.05) is 13.1 Å². The minimum Gasteiger partial charge on any atom is -0.351 e. The Hall–Kier alpha value is -0.0400. The SMILES string of the molecule is CNCCNC(=O)c1cc(I)ccc1Cl.Cl. The lowest BCUT2D eigenvalue weighted by Gasteiger charge is -2.06. The summed E-state index contributed by atoms with van der Waals surface area (Å²) >= 11 is 8.07. The third-order valence-electron chi connectivity index (χ3n) is 1.83. The van der Waals surface area contributed by atoms with Gasteiger partial charge in [-0.1, -0.05) is 11.6 Å². The molecule has 0 heterocycles. The Morgan fingerprint density at radius 1 is 1.44 bits per heavy atom. The molecule has 0 aliphatic heterocycles. The minimum absolute atomic E-state index is 0. The molecule has 6 heteroatoms. The average molecular weight is 375 g/mol. The predicted octanol–water partition coefficient (Wildman–Crippen LogP) is 2.32. The summed E-state index contributed by atoms with van der Waals surface area (Å²) in [5, 5.41) is 6.21. The summed E-state index contributed by atoms with van der Waals surface area (Å²) in [6.07, 6.45) is 0. The second-order valence-corrected chi connectivity index (χ2v) is 4.64. The number of hydrogen-bond acceptors (Lipinski definition) is 2. The lowest BCUT2D eigenvalue weighted by molar-refractivity contribution is 0.0954. The number of benzene rings is 1. The van der Waals surface area contributed by atoms with Gasteiger partial charge in [0.05, 0.1) is 10.6 Å². The van der Waals surface area contributed by atoms with Gasteiger partial charge >= 0.3 is 0 Å². The highest BCUT2D eigenvalue weighted by molar-refractivity contribution is 14.1. The van der Waals surface area contributed by atoms with Crippen molar-refractivity contribution in [3.05, 3.63) is 32.4 Å². The van der Waals surface area contributed by atoms with Gasteiger partial charge in [0, 0.05) is 16.7 Å². The Labute approximate surface area is 120 Å². The van der Waals surface area contributed by atoms with E-state index in [0.717, 1.165) is 10.1 Å². The Balaban J connectivity index is 0.00000225. The van der Waals surface area contributed by atoms with Crippen LogP contribution in [0.3, 0.4) is 0 Å². The number of hydrogen-bond donors (Lipinski definition) is 2. The quantitative estimate of drug-likeness (QED) is 0.627. The van der Waals surface area contributed by atoms with Crippen LogP contribution in [0, 0.1) is 3.57 Å². The van der Waals surface area contributed by atoms with E-state index in [1.54, 1.807) is 12.1 Å². The number of carbonyl (C=O) groups is 1. The fourth-order valence-electron chi connectivity index (χ4n) is 1.07. The van der Waals surface area contributed by atoms with Gasteiger partial charge in [-0.25, -0.2) is 0 Å². The minimum atomic E-state index is -0.131. The molecule has 0 aliphatic carbocycles. The van der Waals surface area contributed by atoms with Gasteiger partial charge in [0.25, 0.3) is 5.91 Å². The van der Waals surface area contributed by atoms with Crippen molar-refractivity contribution >= 4 is 52.5 Å². The lowest BCUT2D eigenvalue weighted by atomic mass is 10.2. The third-order valence-corrected chi connectivity index (χ3v) is 2.83. The first-order chi connectivity index (χ1) is 7.15. The number of amides is 1. The fourth-order valence-corrected chi connectivity index (χ4v) is 1.76. The lowest BCUT2D eigenvalue weighted by Crippen LogP contribution is -2.30. The van der Waals surface area contributed by atoms with E-state index in [4.69, 9.17) is 11.6 Å². The van der Waals surface area contributed by atoms with Gasteiger partial charge in [-0.05, 0) is 47.8 Å². The van der Waals surface area contributed by atoms with Crippen molar-refractivity contribution in [3.63, 3.8) is 0 Å². The highest BCUT2D eigenvalue weighted by atomic mass is 127. The van der Waals surface area contributed by atoms with Crippen molar-refractivity contribution in [1.29, 1.82) is 0 Å². The van der Waals surface area contributed by atoms with Gasteiger partial charge in [0.2, 0.25) is 0 Å². The molecule has 1 rings (SSSR count). The maximum atomic E-state index is 11.7. The molecule has 0 radical (unpaired) electrons. The van der Waals surface area contributed by atoms with Crippen LogP contribution in [0.4, 0.5) is 0 Å². The summed E-state index contributed by atoms with van der Waals surface area (Å²) in [7, 11) is 1.84. The molecule has 0 spiro atoms. The molecule has 0 atom stereocenters. The molecule has 16 heavy (non-hydrogen) atoms.